The van der Waals surface area contributed by atoms with Gasteiger partial charge in [0.25, 0.3) is 0 Å². The highest BCUT2D eigenvalue weighted by Crippen LogP contribution is 2.49. The Kier molecular flexibility index (Phi) is 2.73. The van der Waals surface area contributed by atoms with Crippen molar-refractivity contribution in [1.29, 1.82) is 0 Å². The second-order valence-corrected chi connectivity index (χ2v) is 8.58. The van der Waals surface area contributed by atoms with Crippen LogP contribution in [0.4, 0.5) is 0 Å². The first-order valence-electron chi connectivity index (χ1n) is 1.99. The molecule has 0 N–H and O–H groups in total. The fraction of sp³-hybridized carbons (Fsp3) is 0.750. The Bertz CT molecular complexity index is 82.2. The van der Waals surface area contributed by atoms with Crippen LogP contribution in [0, 0.1) is 0 Å². The maximum atomic E-state index is 4.85. The van der Waals surface area contributed by atoms with Gasteiger partial charge in [-0.2, -0.15) is 0 Å². The lowest BCUT2D eigenvalue weighted by atomic mass is 11.8. The van der Waals surface area contributed by atoms with E-state index in [0.717, 1.165) is 3.94 Å². The maximum Gasteiger partial charge on any atom is 0.185 e. The van der Waals surface area contributed by atoms with E-state index in [1.54, 1.807) is 0 Å². The predicted octanol–water partition coefficient (Wildman–Crippen LogP) is 2.11. The highest BCUT2D eigenvalue weighted by molar-refractivity contribution is 8.30. The molecule has 0 atom stereocenters. The summed E-state index contributed by atoms with van der Waals surface area (Å²) in [4.78, 5) is 0. The minimum atomic E-state index is -0.892. The second kappa shape index (κ2) is 2.43. The molecule has 0 bridgehead atoms. The van der Waals surface area contributed by atoms with Gasteiger partial charge in [0, 0.05) is 0 Å². The smallest absolute Gasteiger partial charge is 0.0940 e. The lowest BCUT2D eigenvalue weighted by Crippen LogP contribution is -1.89. The van der Waals surface area contributed by atoms with Crippen molar-refractivity contribution in [2.24, 2.45) is 0 Å². The predicted molar refractivity (Wildman–Crippen MR) is 46.3 cm³/mol. The van der Waals surface area contributed by atoms with Crippen molar-refractivity contribution >= 4 is 36.0 Å². The van der Waals surface area contributed by atoms with Crippen molar-refractivity contribution in [3.8, 4) is 0 Å². The molecule has 0 fully saturated rings. The fourth-order valence-electron chi connectivity index (χ4n) is 0. The van der Waals surface area contributed by atoms with Crippen LogP contribution in [0.1, 0.15) is 0 Å². The highest BCUT2D eigenvalue weighted by Gasteiger charge is 2.20. The summed E-state index contributed by atoms with van der Waals surface area (Å²) in [5, 5.41) is 0. The molecule has 0 aromatic rings. The molecule has 0 rings (SSSR count). The van der Waals surface area contributed by atoms with Crippen LogP contribution in [0.25, 0.3) is 0 Å². The minimum absolute atomic E-state index is 0.882. The molecular weight excluding hydrogens is 143 g/mol. The molecule has 0 saturated carbocycles. The summed E-state index contributed by atoms with van der Waals surface area (Å²) < 4.78 is 0.882. The largest absolute Gasteiger partial charge is 0.185 e. The molecule has 3 heteroatoms. The van der Waals surface area contributed by atoms with Crippen molar-refractivity contribution in [2.45, 2.75) is 0 Å². The summed E-state index contributed by atoms with van der Waals surface area (Å²) in [5.74, 6) is 0. The van der Waals surface area contributed by atoms with Gasteiger partial charge in [-0.05, 0) is 12.2 Å². The third-order valence-corrected chi connectivity index (χ3v) is 5.16. The number of thiol groups is 1. The lowest BCUT2D eigenvalue weighted by molar-refractivity contribution is 2.08. The van der Waals surface area contributed by atoms with Gasteiger partial charge in [0.15, 0.2) is 3.94 Å². The molecule has 0 unspecified atom stereocenters. The van der Waals surface area contributed by atoms with E-state index in [1.165, 1.54) is 0 Å². The third-order valence-electron chi connectivity index (χ3n) is 0.574. The zero-order chi connectivity index (χ0) is 6.08. The topological polar surface area (TPSA) is 0 Å². The Morgan fingerprint density at radius 2 is 1.57 bits per heavy atom. The molecule has 0 aromatic heterocycles. The van der Waals surface area contributed by atoms with E-state index in [4.69, 9.17) is 12.2 Å². The van der Waals surface area contributed by atoms with Crippen LogP contribution in [-0.2, 0) is 0 Å². The van der Waals surface area contributed by atoms with Crippen molar-refractivity contribution in [3.05, 3.63) is 0 Å². The van der Waals surface area contributed by atoms with Gasteiger partial charge in [-0.3, -0.25) is 0 Å². The zero-order valence-electron chi connectivity index (χ0n) is 4.80. The van der Waals surface area contributed by atoms with Crippen LogP contribution >= 0.6 is 32.1 Å². The van der Waals surface area contributed by atoms with Crippen molar-refractivity contribution < 1.29 is 0 Å². The van der Waals surface area contributed by atoms with E-state index < -0.39 is 7.26 Å². The first-order chi connectivity index (χ1) is 2.94. The van der Waals surface area contributed by atoms with E-state index in [-0.39, 0.29) is 0 Å². The van der Waals surface area contributed by atoms with Gasteiger partial charge in [-0.15, -0.1) is 0 Å². The molecule has 0 heterocycles. The fourth-order valence-corrected chi connectivity index (χ4v) is 0. The van der Waals surface area contributed by atoms with Crippen molar-refractivity contribution in [2.75, 3.05) is 20.0 Å². The summed E-state index contributed by atoms with van der Waals surface area (Å²) in [6, 6.07) is 0. The van der Waals surface area contributed by atoms with E-state index in [9.17, 15) is 0 Å². The van der Waals surface area contributed by atoms with Crippen LogP contribution < -0.4 is 0 Å². The van der Waals surface area contributed by atoms with Crippen LogP contribution in [0.2, 0.25) is 0 Å². The SMILES string of the molecule is C[P+](C)(C)C(=S)S. The summed E-state index contributed by atoms with van der Waals surface area (Å²) >= 11 is 8.91. The zero-order valence-corrected chi connectivity index (χ0v) is 7.41. The molecule has 0 radical (unpaired) electrons. The highest BCUT2D eigenvalue weighted by atomic mass is 32.1. The van der Waals surface area contributed by atoms with Crippen LogP contribution in [0.15, 0.2) is 0 Å². The second-order valence-electron chi connectivity index (χ2n) is 2.30. The average molecular weight is 153 g/mol. The summed E-state index contributed by atoms with van der Waals surface area (Å²) in [7, 11) is -0.892. The average Bonchev–Trinajstić information content (AvgIpc) is 1.31. The van der Waals surface area contributed by atoms with Crippen LogP contribution in [0.5, 0.6) is 0 Å². The maximum absolute atomic E-state index is 4.85. The minimum Gasteiger partial charge on any atom is -0.0940 e. The molecular formula is C4H10PS2+. The lowest BCUT2D eigenvalue weighted by Gasteiger charge is -2.05. The Morgan fingerprint density at radius 1 is 1.43 bits per heavy atom. The summed E-state index contributed by atoms with van der Waals surface area (Å²) in [5.41, 5.74) is 0. The first-order valence-corrected chi connectivity index (χ1v) is 5.98. The monoisotopic (exact) mass is 153 g/mol. The quantitative estimate of drug-likeness (QED) is 0.342. The molecule has 0 amide bonds. The van der Waals surface area contributed by atoms with Gasteiger partial charge in [-0.1, -0.05) is 12.6 Å². The van der Waals surface area contributed by atoms with Gasteiger partial charge >= 0.3 is 0 Å². The normalized spacial score (nSPS) is 11.4. The molecule has 0 aliphatic heterocycles. The molecule has 7 heavy (non-hydrogen) atoms. The van der Waals surface area contributed by atoms with Crippen LogP contribution in [-0.4, -0.2) is 23.9 Å². The molecule has 0 aromatic carbocycles. The summed E-state index contributed by atoms with van der Waals surface area (Å²) in [6.45, 7) is 6.47. The van der Waals surface area contributed by atoms with Gasteiger partial charge in [0.1, 0.15) is 0 Å². The van der Waals surface area contributed by atoms with Crippen molar-refractivity contribution in [3.63, 3.8) is 0 Å². The molecule has 0 nitrogen and oxygen atoms in total. The Balaban J connectivity index is 3.79. The number of hydrogen-bond acceptors (Lipinski definition) is 1. The van der Waals surface area contributed by atoms with E-state index in [0.29, 0.717) is 0 Å². The molecule has 0 spiro atoms. The number of hydrogen-bond donors (Lipinski definition) is 1. The third kappa shape index (κ3) is 3.45. The Morgan fingerprint density at radius 3 is 1.57 bits per heavy atom. The van der Waals surface area contributed by atoms with Gasteiger partial charge in [0.05, 0.1) is 27.3 Å². The van der Waals surface area contributed by atoms with Crippen LogP contribution in [0.3, 0.4) is 0 Å². The van der Waals surface area contributed by atoms with E-state index >= 15 is 0 Å². The van der Waals surface area contributed by atoms with Gasteiger partial charge < -0.3 is 0 Å². The van der Waals surface area contributed by atoms with Gasteiger partial charge in [0.2, 0.25) is 0 Å². The Labute approximate surface area is 56.4 Å². The van der Waals surface area contributed by atoms with Gasteiger partial charge in [-0.25, -0.2) is 0 Å². The van der Waals surface area contributed by atoms with E-state index in [1.807, 2.05) is 0 Å². The molecule has 42 valence electrons. The Hall–Kier alpha value is 0.870. The molecule has 0 aliphatic carbocycles. The first kappa shape index (κ1) is 7.87. The molecule has 0 saturated heterocycles. The van der Waals surface area contributed by atoms with Crippen molar-refractivity contribution in [1.82, 2.24) is 0 Å². The molecule has 0 aliphatic rings. The standard InChI is InChI=1S/C4H9PS2/c1-5(2,3)4(6)7/h1-3H3/p+1. The summed E-state index contributed by atoms with van der Waals surface area (Å²) in [6.07, 6.45) is 0. The number of rotatable bonds is 1. The van der Waals surface area contributed by atoms with E-state index in [2.05, 4.69) is 32.6 Å². The number of thiocarbonyl (C=S) groups is 1.